The molecular formula is C21H21F2NO3. The zero-order valence-electron chi connectivity index (χ0n) is 15.4. The predicted molar refractivity (Wildman–Crippen MR) is 97.2 cm³/mol. The van der Waals surface area contributed by atoms with Crippen LogP contribution in [0, 0.1) is 11.6 Å². The maximum atomic E-state index is 13.6. The van der Waals surface area contributed by atoms with Gasteiger partial charge in [0.2, 0.25) is 0 Å². The quantitative estimate of drug-likeness (QED) is 0.881. The van der Waals surface area contributed by atoms with Gasteiger partial charge in [0.05, 0.1) is 11.1 Å². The molecule has 1 amide bonds. The number of rotatable bonds is 4. The monoisotopic (exact) mass is 373 g/mol. The highest BCUT2D eigenvalue weighted by Gasteiger charge is 2.42. The zero-order chi connectivity index (χ0) is 19.8. The number of amides is 1. The predicted octanol–water partition coefficient (Wildman–Crippen LogP) is 4.02. The van der Waals surface area contributed by atoms with E-state index >= 15 is 0 Å². The van der Waals surface area contributed by atoms with Gasteiger partial charge in [-0.3, -0.25) is 9.69 Å². The van der Waals surface area contributed by atoms with Gasteiger partial charge < -0.3 is 9.84 Å². The minimum Gasteiger partial charge on any atom is -0.477 e. The Labute approximate surface area is 156 Å². The first-order valence-electron chi connectivity index (χ1n) is 8.57. The van der Waals surface area contributed by atoms with Crippen molar-refractivity contribution in [1.82, 2.24) is 4.90 Å². The third-order valence-corrected chi connectivity index (χ3v) is 4.85. The van der Waals surface area contributed by atoms with Crippen LogP contribution in [0.5, 0.6) is 0 Å². The van der Waals surface area contributed by atoms with Crippen molar-refractivity contribution in [2.75, 3.05) is 6.73 Å². The smallest absolute Gasteiger partial charge is 0.261 e. The van der Waals surface area contributed by atoms with E-state index in [1.165, 1.54) is 4.90 Å². The van der Waals surface area contributed by atoms with Crippen LogP contribution in [0.2, 0.25) is 0 Å². The second-order valence-corrected chi connectivity index (χ2v) is 7.06. The number of hydrogen-bond acceptors (Lipinski definition) is 3. The summed E-state index contributed by atoms with van der Waals surface area (Å²) < 4.78 is 32.8. The Balaban J connectivity index is 1.96. The van der Waals surface area contributed by atoms with Crippen molar-refractivity contribution in [1.29, 1.82) is 0 Å². The number of hydrogen-bond donors (Lipinski definition) is 1. The number of ether oxygens (including phenoxy) is 1. The first-order chi connectivity index (χ1) is 12.7. The van der Waals surface area contributed by atoms with E-state index in [-0.39, 0.29) is 18.2 Å². The number of carbonyl (C=O) groups excluding carboxylic acids is 1. The molecule has 1 unspecified atom stereocenters. The highest BCUT2D eigenvalue weighted by atomic mass is 19.1. The maximum absolute atomic E-state index is 13.6. The average molecular weight is 373 g/mol. The molecule has 1 aliphatic rings. The lowest BCUT2D eigenvalue weighted by molar-refractivity contribution is -0.146. The molecule has 2 aromatic rings. The molecule has 0 radical (unpaired) electrons. The van der Waals surface area contributed by atoms with Crippen LogP contribution in [-0.4, -0.2) is 28.2 Å². The average Bonchev–Trinajstić information content (AvgIpc) is 2.61. The minimum atomic E-state index is -1.31. The number of aliphatic hydroxyl groups excluding tert-OH is 1. The van der Waals surface area contributed by atoms with Gasteiger partial charge in [0, 0.05) is 6.07 Å². The molecule has 1 atom stereocenters. The van der Waals surface area contributed by atoms with E-state index < -0.39 is 23.3 Å². The third-order valence-electron chi connectivity index (χ3n) is 4.85. The van der Waals surface area contributed by atoms with Crippen molar-refractivity contribution < 1.29 is 23.4 Å². The molecule has 0 spiro atoms. The van der Waals surface area contributed by atoms with Gasteiger partial charge in [-0.15, -0.1) is 0 Å². The largest absolute Gasteiger partial charge is 0.477 e. The molecule has 3 rings (SSSR count). The number of allylic oxidation sites excluding steroid dienone is 1. The molecule has 0 saturated carbocycles. The topological polar surface area (TPSA) is 49.8 Å². The van der Waals surface area contributed by atoms with Crippen LogP contribution >= 0.6 is 0 Å². The van der Waals surface area contributed by atoms with Crippen LogP contribution in [0.15, 0.2) is 54.3 Å². The van der Waals surface area contributed by atoms with Crippen LogP contribution in [0.25, 0.3) is 5.57 Å². The molecule has 1 heterocycles. The molecular weight excluding hydrogens is 352 g/mol. The van der Waals surface area contributed by atoms with Gasteiger partial charge in [-0.25, -0.2) is 8.78 Å². The summed E-state index contributed by atoms with van der Waals surface area (Å²) in [7, 11) is 0. The molecule has 0 bridgehead atoms. The van der Waals surface area contributed by atoms with E-state index in [2.05, 4.69) is 0 Å². The van der Waals surface area contributed by atoms with Crippen LogP contribution < -0.4 is 0 Å². The molecule has 0 aliphatic carbocycles. The summed E-state index contributed by atoms with van der Waals surface area (Å²) in [6.45, 7) is 4.90. The number of benzene rings is 2. The van der Waals surface area contributed by atoms with Gasteiger partial charge in [-0.05, 0) is 44.0 Å². The Morgan fingerprint density at radius 2 is 1.70 bits per heavy atom. The molecule has 1 aliphatic heterocycles. The Hall–Kier alpha value is -2.73. The van der Waals surface area contributed by atoms with Gasteiger partial charge in [-0.1, -0.05) is 30.3 Å². The summed E-state index contributed by atoms with van der Waals surface area (Å²) in [5.74, 6) is -1.40. The van der Waals surface area contributed by atoms with E-state index in [1.54, 1.807) is 32.9 Å². The highest BCUT2D eigenvalue weighted by Crippen LogP contribution is 2.37. The lowest BCUT2D eigenvalue weighted by Gasteiger charge is -2.44. The molecule has 27 heavy (non-hydrogen) atoms. The summed E-state index contributed by atoms with van der Waals surface area (Å²) in [5, 5.41) is 10.8. The lowest BCUT2D eigenvalue weighted by Crippen LogP contribution is -2.54. The summed E-state index contributed by atoms with van der Waals surface area (Å²) in [4.78, 5) is 14.6. The highest BCUT2D eigenvalue weighted by molar-refractivity contribution is 6.20. The second-order valence-electron chi connectivity index (χ2n) is 7.06. The first-order valence-corrected chi connectivity index (χ1v) is 8.57. The van der Waals surface area contributed by atoms with E-state index in [9.17, 15) is 18.7 Å². The number of nitrogens with zero attached hydrogens (tertiary/aromatic N) is 1. The maximum Gasteiger partial charge on any atom is 0.261 e. The minimum absolute atomic E-state index is 0.0536. The molecule has 6 heteroatoms. The number of halogens is 2. The normalized spacial score (nSPS) is 16.4. The third kappa shape index (κ3) is 3.57. The molecule has 0 fully saturated rings. The van der Waals surface area contributed by atoms with Gasteiger partial charge in [0.1, 0.15) is 23.5 Å². The fourth-order valence-corrected chi connectivity index (χ4v) is 3.23. The Kier molecular flexibility index (Phi) is 5.02. The Morgan fingerprint density at radius 3 is 2.30 bits per heavy atom. The molecule has 4 nitrogen and oxygen atoms in total. The van der Waals surface area contributed by atoms with Crippen LogP contribution in [-0.2, 0) is 9.53 Å². The first kappa shape index (κ1) is 19.0. The summed E-state index contributed by atoms with van der Waals surface area (Å²) in [5.41, 5.74) is -0.0184. The fourth-order valence-electron chi connectivity index (χ4n) is 3.23. The number of carbonyl (C=O) groups is 1. The van der Waals surface area contributed by atoms with Crippen molar-refractivity contribution in [3.63, 3.8) is 0 Å². The second kappa shape index (κ2) is 7.12. The van der Waals surface area contributed by atoms with Crippen molar-refractivity contribution in [3.05, 3.63) is 77.1 Å². The Bertz CT molecular complexity index is 873. The van der Waals surface area contributed by atoms with Crippen LogP contribution in [0.1, 0.15) is 38.0 Å². The summed E-state index contributed by atoms with van der Waals surface area (Å²) >= 11 is 0. The molecule has 0 saturated heterocycles. The van der Waals surface area contributed by atoms with E-state index in [4.69, 9.17) is 4.74 Å². The molecule has 2 aromatic carbocycles. The zero-order valence-corrected chi connectivity index (χ0v) is 15.4. The lowest BCUT2D eigenvalue weighted by atomic mass is 9.88. The summed E-state index contributed by atoms with van der Waals surface area (Å²) in [6.07, 6.45) is -1.31. The van der Waals surface area contributed by atoms with Crippen LogP contribution in [0.3, 0.4) is 0 Å². The van der Waals surface area contributed by atoms with Crippen molar-refractivity contribution in [2.45, 2.75) is 32.4 Å². The van der Waals surface area contributed by atoms with Crippen molar-refractivity contribution in [2.24, 2.45) is 0 Å². The molecule has 142 valence electrons. The van der Waals surface area contributed by atoms with Crippen molar-refractivity contribution in [3.8, 4) is 0 Å². The van der Waals surface area contributed by atoms with Gasteiger partial charge in [0.15, 0.2) is 6.73 Å². The van der Waals surface area contributed by atoms with E-state index in [0.29, 0.717) is 16.9 Å². The Morgan fingerprint density at radius 1 is 1.11 bits per heavy atom. The number of aliphatic hydroxyl groups is 1. The molecule has 0 aromatic heterocycles. The van der Waals surface area contributed by atoms with Crippen molar-refractivity contribution >= 4 is 11.5 Å². The van der Waals surface area contributed by atoms with Gasteiger partial charge in [0.25, 0.3) is 5.91 Å². The standard InChI is InChI=1S/C21H21F2NO3/c1-13-18(14-7-5-4-6-8-14)20(26)24(12-27-13)21(2,3)19(25)15-9-16(22)11-17(23)10-15/h4-11,19,25H,12H2,1-3H3. The SMILES string of the molecule is CC1=C(c2ccccc2)C(=O)N(C(C)(C)C(O)c2cc(F)cc(F)c2)CO1. The van der Waals surface area contributed by atoms with Gasteiger partial charge >= 0.3 is 0 Å². The van der Waals surface area contributed by atoms with E-state index in [0.717, 1.165) is 18.2 Å². The fraction of sp³-hybridized carbons (Fsp3) is 0.286. The van der Waals surface area contributed by atoms with E-state index in [1.807, 2.05) is 18.2 Å². The van der Waals surface area contributed by atoms with Gasteiger partial charge in [-0.2, -0.15) is 0 Å². The summed E-state index contributed by atoms with van der Waals surface area (Å²) in [6, 6.07) is 11.9. The molecule has 1 N–H and O–H groups in total. The van der Waals surface area contributed by atoms with Crippen LogP contribution in [0.4, 0.5) is 8.78 Å².